The van der Waals surface area contributed by atoms with Gasteiger partial charge in [-0.1, -0.05) is 0 Å². The van der Waals surface area contributed by atoms with Gasteiger partial charge in [-0.3, -0.25) is 4.79 Å². The van der Waals surface area contributed by atoms with Crippen molar-refractivity contribution in [2.75, 3.05) is 171 Å². The van der Waals surface area contributed by atoms with Crippen LogP contribution >= 0.6 is 116 Å². The van der Waals surface area contributed by atoms with Crippen LogP contribution in [-0.4, -0.2) is 181 Å². The monoisotopic (exact) mass is 988 g/mol. The molecule has 0 aliphatic heterocycles. The molecule has 0 heterocycles. The van der Waals surface area contributed by atoms with Crippen LogP contribution in [0.4, 0.5) is 0 Å². The molecule has 0 amide bonds. The summed E-state index contributed by atoms with van der Waals surface area (Å²) in [7, 11) is 9.90. The van der Waals surface area contributed by atoms with E-state index in [0.29, 0.717) is 83.1 Å². The van der Waals surface area contributed by atoms with Crippen LogP contribution in [0.5, 0.6) is 0 Å². The molecule has 0 saturated carbocycles. The minimum atomic E-state index is -0.931. The zero-order valence-corrected chi connectivity index (χ0v) is 42.7. The van der Waals surface area contributed by atoms with Gasteiger partial charge in [-0.25, -0.2) is 0 Å². The molecule has 0 rings (SSSR count). The molecular formula is C31H66Cl2O10S8Zn. The minimum absolute atomic E-state index is 0.431. The SMILES string of the molecule is CCOC=O.CSCCOCCOCCSC(SCCOCCOCCS)SCCOCCOCCSC.SCCCOCCOCCS.[Cl][Zn][Cl]. The summed E-state index contributed by atoms with van der Waals surface area (Å²) in [6.45, 7) is 14.0. The van der Waals surface area contributed by atoms with Gasteiger partial charge in [0.25, 0.3) is 6.47 Å². The van der Waals surface area contributed by atoms with Crippen molar-refractivity contribution < 1.29 is 62.6 Å². The Kier molecular flexibility index (Phi) is 78.4. The predicted molar refractivity (Wildman–Crippen MR) is 240 cm³/mol. The molecule has 0 unspecified atom stereocenters. The number of carbonyl (C=O) groups excluding carboxylic acids is 1. The third kappa shape index (κ3) is 70.9. The van der Waals surface area contributed by atoms with E-state index in [1.165, 1.54) is 0 Å². The van der Waals surface area contributed by atoms with Crippen molar-refractivity contribution in [2.45, 2.75) is 17.3 Å². The first kappa shape index (κ1) is 61.8. The average Bonchev–Trinajstić information content (AvgIpc) is 3.15. The van der Waals surface area contributed by atoms with Crippen LogP contribution in [0.1, 0.15) is 13.3 Å². The Bertz CT molecular complexity index is 574. The van der Waals surface area contributed by atoms with Gasteiger partial charge in [-0.2, -0.15) is 61.4 Å². The molecule has 0 fully saturated rings. The van der Waals surface area contributed by atoms with Gasteiger partial charge >= 0.3 is 34.5 Å². The predicted octanol–water partition coefficient (Wildman–Crippen LogP) is 7.05. The van der Waals surface area contributed by atoms with Crippen LogP contribution in [0, 0.1) is 0 Å². The van der Waals surface area contributed by atoms with Gasteiger partial charge < -0.3 is 42.6 Å². The molecule has 0 spiro atoms. The maximum absolute atomic E-state index is 9.18. The molecule has 314 valence electrons. The van der Waals surface area contributed by atoms with E-state index in [2.05, 4.69) is 55.1 Å². The molecule has 21 heteroatoms. The number of rotatable bonds is 39. The van der Waals surface area contributed by atoms with Crippen molar-refractivity contribution in [3.8, 4) is 0 Å². The molecule has 52 heavy (non-hydrogen) atoms. The van der Waals surface area contributed by atoms with E-state index in [4.69, 9.17) is 57.3 Å². The van der Waals surface area contributed by atoms with Gasteiger partial charge in [0.05, 0.1) is 110 Å². The summed E-state index contributed by atoms with van der Waals surface area (Å²) in [4.78, 5) is 9.18. The first-order chi connectivity index (χ1) is 25.6. The molecule has 0 aromatic rings. The van der Waals surface area contributed by atoms with E-state index in [0.717, 1.165) is 92.1 Å². The van der Waals surface area contributed by atoms with Crippen molar-refractivity contribution in [1.82, 2.24) is 0 Å². The Morgan fingerprint density at radius 3 is 1.08 bits per heavy atom. The van der Waals surface area contributed by atoms with E-state index < -0.39 is 15.1 Å². The summed E-state index contributed by atoms with van der Waals surface area (Å²) >= 11 is 20.6. The first-order valence-corrected chi connectivity index (χ1v) is 32.7. The van der Waals surface area contributed by atoms with E-state index >= 15 is 0 Å². The van der Waals surface area contributed by atoms with E-state index in [1.54, 1.807) is 30.4 Å². The van der Waals surface area contributed by atoms with Gasteiger partial charge in [0.1, 0.15) is 0 Å². The zero-order chi connectivity index (χ0) is 39.3. The average molecular weight is 992 g/mol. The van der Waals surface area contributed by atoms with Gasteiger partial charge in [0.15, 0.2) is 0 Å². The Labute approximate surface area is 369 Å². The third-order valence-electron chi connectivity index (χ3n) is 4.95. The third-order valence-corrected chi connectivity index (χ3v) is 11.3. The van der Waals surface area contributed by atoms with Crippen molar-refractivity contribution in [1.29, 1.82) is 0 Å². The molecule has 0 aromatic heterocycles. The second kappa shape index (κ2) is 66.0. The second-order valence-electron chi connectivity index (χ2n) is 8.96. The summed E-state index contributed by atoms with van der Waals surface area (Å²) in [5.74, 6) is 7.38. The summed E-state index contributed by atoms with van der Waals surface area (Å²) in [6.07, 6.45) is 5.18. The number of hydrogen-bond acceptors (Lipinski definition) is 18. The first-order valence-electron chi connectivity index (χ1n) is 17.0. The summed E-state index contributed by atoms with van der Waals surface area (Å²) < 4.78 is 48.4. The topological polar surface area (TPSA) is 100 Å². The fourth-order valence-corrected chi connectivity index (χ4v) is 7.75. The fraction of sp³-hybridized carbons (Fsp3) is 0.968. The van der Waals surface area contributed by atoms with E-state index in [-0.39, 0.29) is 0 Å². The van der Waals surface area contributed by atoms with Crippen molar-refractivity contribution in [3.63, 3.8) is 0 Å². The molecule has 0 bridgehead atoms. The quantitative estimate of drug-likeness (QED) is 0.0193. The van der Waals surface area contributed by atoms with E-state index in [9.17, 15) is 4.79 Å². The summed E-state index contributed by atoms with van der Waals surface area (Å²) in [6, 6.07) is 0. The Balaban J connectivity index is -0.000000493. The number of carbonyl (C=O) groups is 1. The fourth-order valence-electron chi connectivity index (χ4n) is 2.69. The standard InChI is InChI=1S/C21H44O6S6.C7H16O2S2.C3H6O2.2ClH.Zn/c1-29-16-10-23-5-7-26-13-19-32-21(31-18-12-25-4-3-22-9-15-28)33-20-14-27-8-6-24-11-17-30-2;10-6-1-2-8-3-4-9-5-7-11;1-2-5-3-4;;;/h21,28H,3-20H2,1-2H3;10-11H,1-7H2;3H,2H2,1H3;2*1H;/q;;;;;+2/p-2. The van der Waals surface area contributed by atoms with Crippen LogP contribution in [-0.2, 0) is 62.6 Å². The molecule has 10 nitrogen and oxygen atoms in total. The zero-order valence-electron chi connectivity index (χ0n) is 31.5. The van der Waals surface area contributed by atoms with Gasteiger partial charge in [-0.05, 0) is 31.6 Å². The van der Waals surface area contributed by atoms with Crippen molar-refractivity contribution in [3.05, 3.63) is 0 Å². The van der Waals surface area contributed by atoms with Crippen LogP contribution in [0.2, 0.25) is 0 Å². The van der Waals surface area contributed by atoms with Crippen molar-refractivity contribution >= 4 is 123 Å². The summed E-state index contributed by atoms with van der Waals surface area (Å²) in [5, 5.41) is 0. The number of thioether (sulfide) groups is 5. The van der Waals surface area contributed by atoms with E-state index in [1.807, 2.05) is 35.3 Å². The number of halogens is 2. The van der Waals surface area contributed by atoms with Gasteiger partial charge in [0, 0.05) is 46.9 Å². The molecule has 0 aliphatic rings. The molecule has 0 atom stereocenters. The number of ether oxygens (including phenoxy) is 9. The second-order valence-corrected chi connectivity index (χ2v) is 21.4. The maximum atomic E-state index is 9.18. The number of hydrogen-bond donors (Lipinski definition) is 3. The molecule has 0 aliphatic carbocycles. The molecule has 0 aromatic carbocycles. The molecule has 0 radical (unpaired) electrons. The van der Waals surface area contributed by atoms with Crippen molar-refractivity contribution in [2.24, 2.45) is 0 Å². The molecular weight excluding hydrogens is 925 g/mol. The Hall–Kier alpha value is 3.15. The van der Waals surface area contributed by atoms with Crippen LogP contribution in [0.3, 0.4) is 0 Å². The molecule has 0 N–H and O–H groups in total. The van der Waals surface area contributed by atoms with Crippen LogP contribution < -0.4 is 0 Å². The normalized spacial score (nSPS) is 10.4. The van der Waals surface area contributed by atoms with Crippen LogP contribution in [0.25, 0.3) is 0 Å². The van der Waals surface area contributed by atoms with Crippen LogP contribution in [0.15, 0.2) is 0 Å². The molecule has 0 saturated heterocycles. The summed E-state index contributed by atoms with van der Waals surface area (Å²) in [5.41, 5.74) is 0. The van der Waals surface area contributed by atoms with Gasteiger partial charge in [0.2, 0.25) is 0 Å². The Morgan fingerprint density at radius 2 is 0.827 bits per heavy atom. The Morgan fingerprint density at radius 1 is 0.519 bits per heavy atom. The van der Waals surface area contributed by atoms with Gasteiger partial charge in [-0.15, -0.1) is 35.3 Å². The number of thiol groups is 3.